The van der Waals surface area contributed by atoms with Crippen LogP contribution >= 0.6 is 11.8 Å². The van der Waals surface area contributed by atoms with Crippen LogP contribution in [0.5, 0.6) is 0 Å². The molecule has 4 atom stereocenters. The van der Waals surface area contributed by atoms with Gasteiger partial charge in [0.25, 0.3) is 5.91 Å². The number of hydrogen-bond donors (Lipinski definition) is 3. The summed E-state index contributed by atoms with van der Waals surface area (Å²) in [6, 6.07) is 23.8. The number of amides is 4. The molecule has 2 aromatic heterocycles. The molecule has 8 rings (SSSR count). The molecule has 3 aliphatic rings. The zero-order valence-corrected chi connectivity index (χ0v) is 35.0. The molecule has 5 heterocycles. The van der Waals surface area contributed by atoms with Crippen LogP contribution in [0.25, 0.3) is 33.6 Å². The van der Waals surface area contributed by atoms with E-state index in [1.165, 1.54) is 7.11 Å². The molecule has 5 aromatic rings. The van der Waals surface area contributed by atoms with Crippen LogP contribution in [-0.2, 0) is 19.1 Å². The van der Waals surface area contributed by atoms with Gasteiger partial charge in [0.15, 0.2) is 0 Å². The number of aromatic nitrogens is 4. The van der Waals surface area contributed by atoms with Crippen molar-refractivity contribution < 1.29 is 28.7 Å². The highest BCUT2D eigenvalue weighted by atomic mass is 32.2. The summed E-state index contributed by atoms with van der Waals surface area (Å²) in [7, 11) is 1.28. The third-order valence-corrected chi connectivity index (χ3v) is 12.3. The van der Waals surface area contributed by atoms with Crippen molar-refractivity contribution >= 4 is 35.8 Å². The number of carbonyl (C=O) groups excluding carboxylic acids is 4. The van der Waals surface area contributed by atoms with Crippen molar-refractivity contribution in [3.8, 4) is 33.6 Å². The number of nitrogens with one attached hydrogen (secondary N) is 3. The molecule has 3 aliphatic heterocycles. The third-order valence-electron chi connectivity index (χ3n) is 11.2. The highest BCUT2D eigenvalue weighted by Gasteiger charge is 2.43. The number of benzene rings is 3. The van der Waals surface area contributed by atoms with Crippen LogP contribution in [-0.4, -0.2) is 102 Å². The fourth-order valence-electron chi connectivity index (χ4n) is 8.23. The van der Waals surface area contributed by atoms with Gasteiger partial charge in [0.05, 0.1) is 48.9 Å². The maximum absolute atomic E-state index is 13.9. The van der Waals surface area contributed by atoms with E-state index in [0.29, 0.717) is 36.1 Å². The summed E-state index contributed by atoms with van der Waals surface area (Å²) < 4.78 is 10.4. The second-order valence-electron chi connectivity index (χ2n) is 16.3. The van der Waals surface area contributed by atoms with Gasteiger partial charge in [-0.2, -0.15) is 0 Å². The number of imidazole rings is 2. The van der Waals surface area contributed by atoms with Gasteiger partial charge in [-0.05, 0) is 74.3 Å². The maximum Gasteiger partial charge on any atom is 0.411 e. The Morgan fingerprint density at radius 2 is 1.28 bits per heavy atom. The van der Waals surface area contributed by atoms with E-state index in [0.717, 1.165) is 65.1 Å². The molecule has 0 aliphatic carbocycles. The van der Waals surface area contributed by atoms with Crippen LogP contribution in [0.2, 0.25) is 0 Å². The lowest BCUT2D eigenvalue weighted by atomic mass is 10.0. The Bertz CT molecular complexity index is 2320. The van der Waals surface area contributed by atoms with Gasteiger partial charge in [0.2, 0.25) is 5.91 Å². The molecule has 15 heteroatoms. The minimum absolute atomic E-state index is 0.0642. The molecule has 3 aromatic carbocycles. The van der Waals surface area contributed by atoms with Crippen molar-refractivity contribution in [1.82, 2.24) is 40.0 Å². The van der Waals surface area contributed by atoms with Gasteiger partial charge >= 0.3 is 12.2 Å². The molecule has 0 bridgehead atoms. The molecular weight excluding hydrogens is 781 g/mol. The maximum atomic E-state index is 13.9. The highest BCUT2D eigenvalue weighted by molar-refractivity contribution is 7.99. The molecule has 0 saturated carbocycles. The van der Waals surface area contributed by atoms with Crippen LogP contribution in [0.15, 0.2) is 91.3 Å². The van der Waals surface area contributed by atoms with Gasteiger partial charge in [-0.3, -0.25) is 14.5 Å². The first kappa shape index (κ1) is 40.7. The summed E-state index contributed by atoms with van der Waals surface area (Å²) in [4.78, 5) is 74.4. The van der Waals surface area contributed by atoms with Crippen LogP contribution in [0.4, 0.5) is 9.59 Å². The number of carbonyl (C=O) groups is 4. The van der Waals surface area contributed by atoms with E-state index >= 15 is 0 Å². The number of rotatable bonds is 9. The van der Waals surface area contributed by atoms with E-state index in [9.17, 15) is 19.2 Å². The van der Waals surface area contributed by atoms with Gasteiger partial charge in [-0.1, -0.05) is 78.9 Å². The zero-order chi connectivity index (χ0) is 42.0. The second kappa shape index (κ2) is 17.3. The second-order valence-corrected chi connectivity index (χ2v) is 17.3. The third kappa shape index (κ3) is 8.62. The van der Waals surface area contributed by atoms with Crippen molar-refractivity contribution in [2.75, 3.05) is 31.8 Å². The van der Waals surface area contributed by atoms with Crippen LogP contribution in [0.1, 0.15) is 81.8 Å². The van der Waals surface area contributed by atoms with Crippen molar-refractivity contribution in [2.45, 2.75) is 76.2 Å². The summed E-state index contributed by atoms with van der Waals surface area (Å²) in [6.07, 6.45) is 5.72. The quantitative estimate of drug-likeness (QED) is 0.134. The van der Waals surface area contributed by atoms with Crippen molar-refractivity contribution in [3.05, 3.63) is 108 Å². The zero-order valence-electron chi connectivity index (χ0n) is 34.2. The molecular formula is C45H50N8O6S. The van der Waals surface area contributed by atoms with Gasteiger partial charge in [0, 0.05) is 18.8 Å². The Hall–Kier alpha value is -6.09. The minimum Gasteiger partial charge on any atom is -0.453 e. The number of hydrogen-bond acceptors (Lipinski definition) is 9. The minimum atomic E-state index is -0.880. The summed E-state index contributed by atoms with van der Waals surface area (Å²) in [5, 5.41) is 2.71. The fourth-order valence-corrected chi connectivity index (χ4v) is 9.37. The molecule has 3 saturated heterocycles. The van der Waals surface area contributed by atoms with E-state index in [4.69, 9.17) is 19.4 Å². The Kier molecular flexibility index (Phi) is 11.7. The summed E-state index contributed by atoms with van der Waals surface area (Å²) in [5.74, 6) is 2.14. The Morgan fingerprint density at radius 3 is 1.83 bits per heavy atom. The molecule has 3 N–H and O–H groups in total. The molecule has 312 valence electrons. The van der Waals surface area contributed by atoms with Gasteiger partial charge in [-0.15, -0.1) is 11.8 Å². The lowest BCUT2D eigenvalue weighted by Crippen LogP contribution is -2.50. The Morgan fingerprint density at radius 1 is 0.750 bits per heavy atom. The van der Waals surface area contributed by atoms with Crippen molar-refractivity contribution in [1.29, 1.82) is 0 Å². The average molecular weight is 831 g/mol. The number of methoxy groups -OCH3 is 1. The van der Waals surface area contributed by atoms with E-state index in [-0.39, 0.29) is 23.9 Å². The number of likely N-dealkylation sites (tertiary alicyclic amines) is 2. The Balaban J connectivity index is 0.911. The van der Waals surface area contributed by atoms with Crippen molar-refractivity contribution in [3.63, 3.8) is 0 Å². The highest BCUT2D eigenvalue weighted by Crippen LogP contribution is 2.37. The van der Waals surface area contributed by atoms with E-state index in [1.54, 1.807) is 27.8 Å². The molecule has 0 radical (unpaired) electrons. The predicted molar refractivity (Wildman–Crippen MR) is 228 cm³/mol. The topological polar surface area (TPSA) is 166 Å². The summed E-state index contributed by atoms with van der Waals surface area (Å²) in [6.45, 7) is 6.66. The van der Waals surface area contributed by atoms with E-state index < -0.39 is 29.9 Å². The monoisotopic (exact) mass is 830 g/mol. The van der Waals surface area contributed by atoms with Gasteiger partial charge < -0.3 is 34.6 Å². The summed E-state index contributed by atoms with van der Waals surface area (Å²) in [5.41, 5.74) is 5.81. The first-order chi connectivity index (χ1) is 29.0. The lowest BCUT2D eigenvalue weighted by molar-refractivity contribution is -0.136. The van der Waals surface area contributed by atoms with E-state index in [2.05, 4.69) is 63.8 Å². The molecule has 60 heavy (non-hydrogen) atoms. The number of thioether (sulfide) groups is 1. The number of aromatic amines is 2. The smallest absolute Gasteiger partial charge is 0.411 e. The number of nitrogens with zero attached hydrogens (tertiary/aromatic N) is 5. The van der Waals surface area contributed by atoms with Crippen LogP contribution in [0, 0.1) is 0 Å². The molecule has 3 fully saturated rings. The lowest BCUT2D eigenvalue weighted by Gasteiger charge is -2.31. The standard InChI is InChI=1S/C45H50N8O6S/c1-45(2,3)59-44(57)53-27-60-26-37(53)41(54)51-22-8-12-35(51)39-46-24-33(48-39)30-18-14-28(15-19-30)29-16-20-31(21-17-29)34-25-47-40(49-34)36-13-9-23-52(36)42(55)38(50-43(56)58-4)32-10-6-5-7-11-32/h5-7,10-11,14-21,24-25,35-38H,8-9,12-13,22-23,26-27H2,1-4H3,(H,46,48)(H,47,49)(H,50,56)/t35-,36-,37-,38+/m0/s1. The molecule has 4 amide bonds. The fraction of sp³-hybridized carbons (Fsp3) is 0.378. The van der Waals surface area contributed by atoms with Crippen LogP contribution < -0.4 is 5.32 Å². The van der Waals surface area contributed by atoms with Gasteiger partial charge in [0.1, 0.15) is 29.3 Å². The normalized spacial score (nSPS) is 19.7. The van der Waals surface area contributed by atoms with E-state index in [1.807, 2.05) is 62.2 Å². The first-order valence-electron chi connectivity index (χ1n) is 20.4. The van der Waals surface area contributed by atoms with Gasteiger partial charge in [-0.25, -0.2) is 19.6 Å². The largest absolute Gasteiger partial charge is 0.453 e. The SMILES string of the molecule is COC(=O)N[C@@H](C(=O)N1CCC[C@H]1c1ncc(-c2ccc(-c3ccc(-c4cnc([C@@H]5CCCN5C(=O)[C@@H]5CSCN5C(=O)OC(C)(C)C)[nH]4)cc3)cc2)[nH]1)c1ccccc1. The van der Waals surface area contributed by atoms with Crippen LogP contribution in [0.3, 0.4) is 0 Å². The predicted octanol–water partition coefficient (Wildman–Crippen LogP) is 7.87. The first-order valence-corrected chi connectivity index (χ1v) is 21.5. The number of ether oxygens (including phenoxy) is 2. The van der Waals surface area contributed by atoms with Crippen molar-refractivity contribution in [2.24, 2.45) is 0 Å². The number of alkyl carbamates (subject to hydrolysis) is 1. The molecule has 0 unspecified atom stereocenters. The summed E-state index contributed by atoms with van der Waals surface area (Å²) >= 11 is 1.56. The molecule has 0 spiro atoms. The Labute approximate surface area is 353 Å². The number of H-pyrrole nitrogens is 2. The average Bonchev–Trinajstić information content (AvgIpc) is 4.11. The molecule has 14 nitrogen and oxygen atoms in total.